The van der Waals surface area contributed by atoms with E-state index in [2.05, 4.69) is 70.6 Å². The van der Waals surface area contributed by atoms with Gasteiger partial charge in [0.1, 0.15) is 8.80 Å². The summed E-state index contributed by atoms with van der Waals surface area (Å²) in [6, 6.07) is 13.8. The quantitative estimate of drug-likeness (QED) is 0.721. The lowest BCUT2D eigenvalue weighted by molar-refractivity contribution is 1.35. The van der Waals surface area contributed by atoms with Crippen LogP contribution in [0.2, 0.25) is 6.55 Å². The Balaban J connectivity index is 2.37. The van der Waals surface area contributed by atoms with Crippen LogP contribution >= 0.6 is 0 Å². The number of rotatable bonds is 2. The van der Waals surface area contributed by atoms with Crippen LogP contribution in [-0.4, -0.2) is 8.80 Å². The molecule has 2 rings (SSSR count). The molecule has 2 aromatic rings. The Morgan fingerprint density at radius 2 is 1.00 bits per heavy atom. The van der Waals surface area contributed by atoms with Crippen molar-refractivity contribution in [1.29, 1.82) is 0 Å². The number of aryl methyl sites for hydroxylation is 4. The van der Waals surface area contributed by atoms with Crippen molar-refractivity contribution in [2.75, 3.05) is 0 Å². The van der Waals surface area contributed by atoms with E-state index in [4.69, 9.17) is 0 Å². The predicted octanol–water partition coefficient (Wildman–Crippen LogP) is 3.16. The molecule has 0 aromatic heterocycles. The molecule has 0 nitrogen and oxygen atoms in total. The number of benzene rings is 2. The molecule has 0 spiro atoms. The second kappa shape index (κ2) is 5.11. The van der Waals surface area contributed by atoms with Crippen molar-refractivity contribution >= 4 is 19.2 Å². The van der Waals surface area contributed by atoms with Gasteiger partial charge in [0.15, 0.2) is 0 Å². The van der Waals surface area contributed by atoms with Crippen LogP contribution < -0.4 is 10.4 Å². The molecule has 0 unspecified atom stereocenters. The smallest absolute Gasteiger partial charge is 0.0628 e. The van der Waals surface area contributed by atoms with Gasteiger partial charge in [0.25, 0.3) is 0 Å². The van der Waals surface area contributed by atoms with Crippen molar-refractivity contribution in [3.05, 3.63) is 58.7 Å². The van der Waals surface area contributed by atoms with Gasteiger partial charge in [0.05, 0.1) is 0 Å². The molecule has 0 saturated heterocycles. The third-order valence-corrected chi connectivity index (χ3v) is 6.23. The maximum absolute atomic E-state index is 2.39. The van der Waals surface area contributed by atoms with Gasteiger partial charge in [-0.2, -0.15) is 0 Å². The number of hydrogen-bond donors (Lipinski definition) is 0. The standard InChI is InChI=1S/C17H21Si/c1-12-6-8-16(10-14(12)3)18(5)17-9-7-13(2)15(4)11-17/h6-11H,1-5H3. The Morgan fingerprint density at radius 3 is 1.33 bits per heavy atom. The molecule has 0 amide bonds. The van der Waals surface area contributed by atoms with Crippen molar-refractivity contribution in [2.45, 2.75) is 34.2 Å². The first-order valence-corrected chi connectivity index (χ1v) is 8.48. The topological polar surface area (TPSA) is 0 Å². The lowest BCUT2D eigenvalue weighted by Crippen LogP contribution is -2.39. The van der Waals surface area contributed by atoms with Crippen molar-refractivity contribution < 1.29 is 0 Å². The zero-order valence-corrected chi connectivity index (χ0v) is 13.0. The first-order valence-electron chi connectivity index (χ1n) is 6.48. The Kier molecular flexibility index (Phi) is 3.72. The summed E-state index contributed by atoms with van der Waals surface area (Å²) >= 11 is 0. The monoisotopic (exact) mass is 253 g/mol. The third kappa shape index (κ3) is 2.56. The second-order valence-corrected chi connectivity index (χ2v) is 7.63. The van der Waals surface area contributed by atoms with Crippen LogP contribution in [0, 0.1) is 27.7 Å². The minimum absolute atomic E-state index is 0.622. The molecule has 0 fully saturated rings. The van der Waals surface area contributed by atoms with E-state index in [0.29, 0.717) is 0 Å². The summed E-state index contributed by atoms with van der Waals surface area (Å²) in [5.74, 6) is 0. The van der Waals surface area contributed by atoms with Crippen molar-refractivity contribution in [3.8, 4) is 0 Å². The lowest BCUT2D eigenvalue weighted by Gasteiger charge is -2.14. The summed E-state index contributed by atoms with van der Waals surface area (Å²) in [6.45, 7) is 11.1. The molecule has 1 heteroatoms. The maximum atomic E-state index is 2.39. The fourth-order valence-electron chi connectivity index (χ4n) is 2.12. The van der Waals surface area contributed by atoms with Gasteiger partial charge in [0, 0.05) is 0 Å². The summed E-state index contributed by atoms with van der Waals surface area (Å²) < 4.78 is 0. The van der Waals surface area contributed by atoms with Crippen molar-refractivity contribution in [3.63, 3.8) is 0 Å². The summed E-state index contributed by atoms with van der Waals surface area (Å²) in [5, 5.41) is 3.01. The molecule has 0 N–H and O–H groups in total. The van der Waals surface area contributed by atoms with Gasteiger partial charge in [-0.25, -0.2) is 0 Å². The van der Waals surface area contributed by atoms with E-state index in [-0.39, 0.29) is 0 Å². The first kappa shape index (κ1) is 13.1. The van der Waals surface area contributed by atoms with Crippen molar-refractivity contribution in [1.82, 2.24) is 0 Å². The van der Waals surface area contributed by atoms with Crippen LogP contribution in [0.5, 0.6) is 0 Å². The summed E-state index contributed by atoms with van der Waals surface area (Å²) in [7, 11) is -0.622. The summed E-state index contributed by atoms with van der Waals surface area (Å²) in [5.41, 5.74) is 5.57. The Hall–Kier alpha value is -1.34. The predicted molar refractivity (Wildman–Crippen MR) is 82.7 cm³/mol. The molecule has 0 saturated carbocycles. The fraction of sp³-hybridized carbons (Fsp3) is 0.294. The highest BCUT2D eigenvalue weighted by Crippen LogP contribution is 2.06. The Bertz CT molecular complexity index is 518. The molecular weight excluding hydrogens is 232 g/mol. The molecule has 0 heterocycles. The van der Waals surface area contributed by atoms with Crippen LogP contribution in [0.4, 0.5) is 0 Å². The van der Waals surface area contributed by atoms with Crippen LogP contribution in [-0.2, 0) is 0 Å². The minimum Gasteiger partial charge on any atom is -0.0628 e. The Morgan fingerprint density at radius 1 is 0.611 bits per heavy atom. The van der Waals surface area contributed by atoms with Gasteiger partial charge < -0.3 is 0 Å². The van der Waals surface area contributed by atoms with E-state index in [9.17, 15) is 0 Å². The van der Waals surface area contributed by atoms with E-state index < -0.39 is 8.80 Å². The maximum Gasteiger partial charge on any atom is 0.118 e. The van der Waals surface area contributed by atoms with E-state index in [1.807, 2.05) is 0 Å². The highest BCUT2D eigenvalue weighted by Gasteiger charge is 2.12. The molecule has 2 aromatic carbocycles. The third-order valence-electron chi connectivity index (χ3n) is 3.88. The van der Waals surface area contributed by atoms with Gasteiger partial charge in [0.2, 0.25) is 0 Å². The van der Waals surface area contributed by atoms with E-state index in [0.717, 1.165) is 0 Å². The second-order valence-electron chi connectivity index (χ2n) is 5.22. The van der Waals surface area contributed by atoms with Crippen molar-refractivity contribution in [2.24, 2.45) is 0 Å². The highest BCUT2D eigenvalue weighted by atomic mass is 28.3. The molecule has 0 aliphatic heterocycles. The van der Waals surface area contributed by atoms with E-state index >= 15 is 0 Å². The van der Waals surface area contributed by atoms with E-state index in [1.165, 1.54) is 32.6 Å². The highest BCUT2D eigenvalue weighted by molar-refractivity contribution is 6.84. The average Bonchev–Trinajstić information content (AvgIpc) is 2.35. The molecule has 1 radical (unpaired) electrons. The molecule has 93 valence electrons. The largest absolute Gasteiger partial charge is 0.118 e. The zero-order chi connectivity index (χ0) is 13.3. The van der Waals surface area contributed by atoms with Crippen LogP contribution in [0.25, 0.3) is 0 Å². The van der Waals surface area contributed by atoms with Gasteiger partial charge in [-0.15, -0.1) is 0 Å². The first-order chi connectivity index (χ1) is 8.49. The van der Waals surface area contributed by atoms with Gasteiger partial charge in [-0.05, 0) is 49.9 Å². The summed E-state index contributed by atoms with van der Waals surface area (Å²) in [4.78, 5) is 0. The number of hydrogen-bond acceptors (Lipinski definition) is 0. The molecule has 0 atom stereocenters. The fourth-order valence-corrected chi connectivity index (χ4v) is 3.98. The summed E-state index contributed by atoms with van der Waals surface area (Å²) in [6.07, 6.45) is 0. The zero-order valence-electron chi connectivity index (χ0n) is 12.0. The van der Waals surface area contributed by atoms with Gasteiger partial charge >= 0.3 is 0 Å². The molecule has 0 aliphatic rings. The SMILES string of the molecule is Cc1ccc([Si](C)c2ccc(C)c(C)c2)cc1C. The van der Waals surface area contributed by atoms with Gasteiger partial charge in [-0.1, -0.05) is 53.3 Å². The van der Waals surface area contributed by atoms with Crippen LogP contribution in [0.3, 0.4) is 0 Å². The molecule has 18 heavy (non-hydrogen) atoms. The van der Waals surface area contributed by atoms with Crippen LogP contribution in [0.1, 0.15) is 22.3 Å². The van der Waals surface area contributed by atoms with Crippen LogP contribution in [0.15, 0.2) is 36.4 Å². The molecule has 0 aliphatic carbocycles. The lowest BCUT2D eigenvalue weighted by atomic mass is 10.1. The minimum atomic E-state index is -0.622. The average molecular weight is 253 g/mol. The Labute approximate surface area is 112 Å². The molecular formula is C17H21Si. The molecule has 0 bridgehead atoms. The van der Waals surface area contributed by atoms with E-state index in [1.54, 1.807) is 0 Å². The van der Waals surface area contributed by atoms with Gasteiger partial charge in [-0.3, -0.25) is 0 Å². The normalized spacial score (nSPS) is 11.0.